The molecule has 0 saturated carbocycles. The molecule has 0 saturated heterocycles. The average Bonchev–Trinajstić information content (AvgIpc) is 3.52. The molecule has 0 aliphatic carbocycles. The van der Waals surface area contributed by atoms with Crippen molar-refractivity contribution in [2.45, 2.75) is 32.4 Å². The maximum atomic E-state index is 13.0. The van der Waals surface area contributed by atoms with Gasteiger partial charge in [0.25, 0.3) is 5.91 Å². The molecular weight excluding hydrogens is 442 g/mol. The molecule has 4 N–H and O–H groups in total. The van der Waals surface area contributed by atoms with Gasteiger partial charge in [0.2, 0.25) is 5.95 Å². The molecule has 0 aliphatic rings. The van der Waals surface area contributed by atoms with E-state index < -0.39 is 5.60 Å². The molecule has 5 aromatic rings. The maximum absolute atomic E-state index is 13.0. The minimum atomic E-state index is -0.893. The highest BCUT2D eigenvalue weighted by atomic mass is 32.1. The van der Waals surface area contributed by atoms with Crippen molar-refractivity contribution in [1.29, 1.82) is 0 Å². The zero-order valence-corrected chi connectivity index (χ0v) is 19.2. The van der Waals surface area contributed by atoms with Crippen molar-refractivity contribution >= 4 is 45.3 Å². The molecule has 11 heteroatoms. The van der Waals surface area contributed by atoms with Crippen molar-refractivity contribution < 1.29 is 9.90 Å². The second-order valence-corrected chi connectivity index (χ2v) is 9.69. The van der Waals surface area contributed by atoms with Crippen LogP contribution in [0.25, 0.3) is 32.5 Å². The molecule has 0 aliphatic heterocycles. The Hall–Kier alpha value is -3.70. The summed E-state index contributed by atoms with van der Waals surface area (Å²) in [5.74, 6) is 0.114. The van der Waals surface area contributed by atoms with Gasteiger partial charge in [-0.2, -0.15) is 5.10 Å². The first-order valence-electron chi connectivity index (χ1n) is 10.4. The molecule has 5 rings (SSSR count). The number of hydrogen-bond donors (Lipinski definition) is 4. The van der Waals surface area contributed by atoms with E-state index >= 15 is 0 Å². The summed E-state index contributed by atoms with van der Waals surface area (Å²) in [6.07, 6.45) is 3.94. The van der Waals surface area contributed by atoms with Crippen molar-refractivity contribution in [2.24, 2.45) is 7.05 Å². The van der Waals surface area contributed by atoms with Crippen LogP contribution in [0.3, 0.4) is 0 Å². The number of imidazole rings is 2. The first-order chi connectivity index (χ1) is 15.7. The lowest BCUT2D eigenvalue weighted by Gasteiger charge is -2.18. The zero-order chi connectivity index (χ0) is 23.3. The molecule has 4 heterocycles. The third-order valence-corrected chi connectivity index (χ3v) is 6.69. The molecule has 1 aromatic carbocycles. The minimum absolute atomic E-state index is 0.208. The average molecular weight is 466 g/mol. The van der Waals surface area contributed by atoms with E-state index in [0.717, 1.165) is 21.5 Å². The Labute approximate surface area is 191 Å². The number of aliphatic hydroxyl groups is 1. The Bertz CT molecular complexity index is 1530. The number of benzene rings is 1. The number of nitrogens with one attached hydrogen (secondary N) is 3. The number of nitrogens with zero attached hydrogens (tertiary/aromatic N) is 4. The number of H-pyrrole nitrogens is 2. The first kappa shape index (κ1) is 21.2. The Balaban J connectivity index is 1.53. The van der Waals surface area contributed by atoms with Crippen molar-refractivity contribution in [3.63, 3.8) is 0 Å². The predicted octanol–water partition coefficient (Wildman–Crippen LogP) is 3.08. The Morgan fingerprint density at radius 2 is 2.09 bits per heavy atom. The van der Waals surface area contributed by atoms with Crippen LogP contribution in [0.15, 0.2) is 41.5 Å². The number of rotatable bonds is 6. The van der Waals surface area contributed by atoms with Crippen molar-refractivity contribution in [2.75, 3.05) is 5.32 Å². The lowest BCUT2D eigenvalue weighted by atomic mass is 10.1. The quantitative estimate of drug-likeness (QED) is 0.306. The summed E-state index contributed by atoms with van der Waals surface area (Å²) in [5.41, 5.74) is 2.62. The van der Waals surface area contributed by atoms with E-state index in [1.807, 2.05) is 16.7 Å². The predicted molar refractivity (Wildman–Crippen MR) is 128 cm³/mol. The van der Waals surface area contributed by atoms with Gasteiger partial charge in [0, 0.05) is 30.2 Å². The molecule has 0 unspecified atom stereocenters. The highest BCUT2D eigenvalue weighted by Gasteiger charge is 2.20. The lowest BCUT2D eigenvalue weighted by Crippen LogP contribution is -2.22. The summed E-state index contributed by atoms with van der Waals surface area (Å²) in [7, 11) is 1.70. The van der Waals surface area contributed by atoms with Crippen LogP contribution in [-0.4, -0.2) is 45.9 Å². The highest BCUT2D eigenvalue weighted by Crippen LogP contribution is 2.29. The first-order valence-corrected chi connectivity index (χ1v) is 11.2. The number of fused-ring (bicyclic) bond motifs is 2. The summed E-state index contributed by atoms with van der Waals surface area (Å²) in [6.45, 7) is 3.91. The van der Waals surface area contributed by atoms with Crippen molar-refractivity contribution in [1.82, 2.24) is 29.3 Å². The number of amides is 1. The maximum Gasteiger partial charge on any atom is 0.326 e. The van der Waals surface area contributed by atoms with Gasteiger partial charge in [-0.1, -0.05) is 0 Å². The highest BCUT2D eigenvalue weighted by molar-refractivity contribution is 7.17. The van der Waals surface area contributed by atoms with Gasteiger partial charge in [-0.15, -0.1) is 11.3 Å². The molecule has 4 aromatic heterocycles. The van der Waals surface area contributed by atoms with Crippen LogP contribution in [0, 0.1) is 0 Å². The van der Waals surface area contributed by atoms with E-state index in [-0.39, 0.29) is 11.6 Å². The van der Waals surface area contributed by atoms with Crippen molar-refractivity contribution in [3.8, 4) is 10.4 Å². The number of thiophene rings is 1. The third-order valence-electron chi connectivity index (χ3n) is 5.56. The molecule has 0 bridgehead atoms. The second kappa shape index (κ2) is 7.71. The van der Waals surface area contributed by atoms with Gasteiger partial charge < -0.3 is 14.7 Å². The monoisotopic (exact) mass is 465 g/mol. The second-order valence-electron chi connectivity index (χ2n) is 8.60. The smallest absolute Gasteiger partial charge is 0.326 e. The van der Waals surface area contributed by atoms with Crippen molar-refractivity contribution in [3.05, 3.63) is 52.0 Å². The van der Waals surface area contributed by atoms with Gasteiger partial charge in [0.15, 0.2) is 0 Å². The molecule has 10 nitrogen and oxygen atoms in total. The summed E-state index contributed by atoms with van der Waals surface area (Å²) < 4.78 is 3.40. The van der Waals surface area contributed by atoms with Gasteiger partial charge in [-0.05, 0) is 44.5 Å². The molecule has 1 amide bonds. The van der Waals surface area contributed by atoms with Crippen LogP contribution >= 0.6 is 11.3 Å². The summed E-state index contributed by atoms with van der Waals surface area (Å²) in [4.78, 5) is 34.0. The number of carbonyl (C=O) groups is 1. The van der Waals surface area contributed by atoms with Gasteiger partial charge in [-0.3, -0.25) is 19.8 Å². The fourth-order valence-electron chi connectivity index (χ4n) is 3.72. The van der Waals surface area contributed by atoms with E-state index in [9.17, 15) is 14.7 Å². The number of anilines is 1. The molecule has 0 atom stereocenters. The number of aromatic nitrogens is 6. The standard InChI is InChI=1S/C22H23N7O3S/c1-22(2,32)6-7-29-16-9-15-13(26-21(31)28(15)3)8-14(16)25-20(29)27-19(30)18-5-4-17(33-18)12-10-23-24-11-12/h4-5,8-11,32H,6-7H2,1-3H3,(H,23,24)(H,26,31)(H,25,27,30). The van der Waals surface area contributed by atoms with E-state index in [0.29, 0.717) is 34.8 Å². The number of aryl methyl sites for hydroxylation is 2. The fraction of sp³-hybridized carbons (Fsp3) is 0.273. The molecule has 0 fully saturated rings. The third kappa shape index (κ3) is 3.96. The van der Waals surface area contributed by atoms with Gasteiger partial charge in [0.05, 0.1) is 38.7 Å². The van der Waals surface area contributed by atoms with E-state index in [1.54, 1.807) is 45.4 Å². The van der Waals surface area contributed by atoms with E-state index in [2.05, 4.69) is 25.5 Å². The Morgan fingerprint density at radius 1 is 1.27 bits per heavy atom. The summed E-state index contributed by atoms with van der Waals surface area (Å²) in [5, 5.41) is 19.9. The Morgan fingerprint density at radius 3 is 2.82 bits per heavy atom. The molecule has 0 spiro atoms. The molecule has 33 heavy (non-hydrogen) atoms. The van der Waals surface area contributed by atoms with E-state index in [1.165, 1.54) is 15.9 Å². The van der Waals surface area contributed by atoms with E-state index in [4.69, 9.17) is 0 Å². The topological polar surface area (TPSA) is 134 Å². The Kier molecular flexibility index (Phi) is 4.94. The largest absolute Gasteiger partial charge is 0.390 e. The van der Waals surface area contributed by atoms with Crippen LogP contribution in [0.2, 0.25) is 0 Å². The molecular formula is C22H23N7O3S. The SMILES string of the molecule is Cn1c(=O)[nH]c2cc3nc(NC(=O)c4ccc(-c5cn[nH]c5)s4)n(CCC(C)(C)O)c3cc21. The number of aromatic amines is 2. The van der Waals surface area contributed by atoms with Crippen LogP contribution in [0.5, 0.6) is 0 Å². The van der Waals surface area contributed by atoms with Crippen LogP contribution in [-0.2, 0) is 13.6 Å². The van der Waals surface area contributed by atoms with Crippen LogP contribution < -0.4 is 11.0 Å². The zero-order valence-electron chi connectivity index (χ0n) is 18.3. The summed E-state index contributed by atoms with van der Waals surface area (Å²) in [6, 6.07) is 7.32. The summed E-state index contributed by atoms with van der Waals surface area (Å²) >= 11 is 1.36. The lowest BCUT2D eigenvalue weighted by molar-refractivity contribution is 0.0667. The normalized spacial score (nSPS) is 12.1. The fourth-order valence-corrected chi connectivity index (χ4v) is 4.60. The number of hydrogen-bond acceptors (Lipinski definition) is 6. The van der Waals surface area contributed by atoms with Gasteiger partial charge >= 0.3 is 5.69 Å². The van der Waals surface area contributed by atoms with Gasteiger partial charge in [-0.25, -0.2) is 9.78 Å². The number of carbonyl (C=O) groups excluding carboxylic acids is 1. The van der Waals surface area contributed by atoms with Crippen LogP contribution in [0.4, 0.5) is 5.95 Å². The molecule has 0 radical (unpaired) electrons. The van der Waals surface area contributed by atoms with Gasteiger partial charge in [0.1, 0.15) is 0 Å². The van der Waals surface area contributed by atoms with Crippen LogP contribution in [0.1, 0.15) is 29.9 Å². The molecule has 170 valence electrons. The minimum Gasteiger partial charge on any atom is -0.390 e.